The number of aromatic nitrogens is 4. The summed E-state index contributed by atoms with van der Waals surface area (Å²) >= 11 is 0. The van der Waals surface area contributed by atoms with Crippen LogP contribution in [-0.2, 0) is 11.3 Å². The monoisotopic (exact) mass is 427 g/mol. The Morgan fingerprint density at radius 1 is 1.19 bits per heavy atom. The molecule has 0 aromatic carbocycles. The zero-order chi connectivity index (χ0) is 22.0. The van der Waals surface area contributed by atoms with Crippen LogP contribution in [0.5, 0.6) is 11.8 Å². The fourth-order valence-electron chi connectivity index (χ4n) is 4.00. The van der Waals surface area contributed by atoms with Gasteiger partial charge in [-0.3, -0.25) is 13.9 Å². The van der Waals surface area contributed by atoms with Crippen molar-refractivity contribution < 1.29 is 19.0 Å². The Hall–Kier alpha value is -3.40. The lowest BCUT2D eigenvalue weighted by Gasteiger charge is -2.18. The molecule has 0 unspecified atom stereocenters. The highest BCUT2D eigenvalue weighted by atomic mass is 16.5. The van der Waals surface area contributed by atoms with Crippen LogP contribution >= 0.6 is 0 Å². The molecule has 0 spiro atoms. The normalized spacial score (nSPS) is 16.1. The molecule has 164 valence electrons. The van der Waals surface area contributed by atoms with E-state index in [0.717, 1.165) is 5.52 Å². The second-order valence-corrected chi connectivity index (χ2v) is 7.25. The second-order valence-electron chi connectivity index (χ2n) is 7.25. The van der Waals surface area contributed by atoms with Crippen molar-refractivity contribution in [2.75, 3.05) is 41.0 Å². The first-order chi connectivity index (χ1) is 15.1. The zero-order valence-corrected chi connectivity index (χ0v) is 17.8. The van der Waals surface area contributed by atoms with Crippen molar-refractivity contribution in [2.24, 2.45) is 0 Å². The summed E-state index contributed by atoms with van der Waals surface area (Å²) in [7, 11) is 4.57. The Bertz CT molecular complexity index is 1150. The summed E-state index contributed by atoms with van der Waals surface area (Å²) in [5, 5.41) is 0. The summed E-state index contributed by atoms with van der Waals surface area (Å²) in [4.78, 5) is 36.7. The van der Waals surface area contributed by atoms with Crippen molar-refractivity contribution in [3.8, 4) is 11.8 Å². The SMILES string of the molecule is COCCn1c(=O)n([C@@H]2CCN(C(=O)c3ccc(OC)nc3OC)C2)c2ncccc21. The van der Waals surface area contributed by atoms with Gasteiger partial charge in [0.05, 0.1) is 38.9 Å². The predicted molar refractivity (Wildman–Crippen MR) is 113 cm³/mol. The van der Waals surface area contributed by atoms with Gasteiger partial charge < -0.3 is 19.1 Å². The molecule has 0 aliphatic carbocycles. The summed E-state index contributed by atoms with van der Waals surface area (Å²) in [6.07, 6.45) is 2.32. The van der Waals surface area contributed by atoms with Crippen molar-refractivity contribution in [1.29, 1.82) is 0 Å². The van der Waals surface area contributed by atoms with Gasteiger partial charge in [-0.05, 0) is 24.6 Å². The number of likely N-dealkylation sites (tertiary alicyclic amines) is 1. The first-order valence-electron chi connectivity index (χ1n) is 10.0. The minimum Gasteiger partial charge on any atom is -0.481 e. The van der Waals surface area contributed by atoms with Gasteiger partial charge in [0.2, 0.25) is 11.8 Å². The number of imidazole rings is 1. The van der Waals surface area contributed by atoms with E-state index >= 15 is 0 Å². The molecule has 0 saturated carbocycles. The molecular formula is C21H25N5O5. The Labute approximate surface area is 179 Å². The molecule has 1 aliphatic heterocycles. The van der Waals surface area contributed by atoms with Crippen molar-refractivity contribution in [3.05, 3.63) is 46.5 Å². The van der Waals surface area contributed by atoms with Gasteiger partial charge in [0.15, 0.2) is 5.65 Å². The molecule has 31 heavy (non-hydrogen) atoms. The van der Waals surface area contributed by atoms with E-state index in [1.807, 2.05) is 12.1 Å². The molecule has 0 radical (unpaired) electrons. The largest absolute Gasteiger partial charge is 0.481 e. The Morgan fingerprint density at radius 2 is 2.03 bits per heavy atom. The third-order valence-electron chi connectivity index (χ3n) is 5.52. The molecule has 0 bridgehead atoms. The van der Waals surface area contributed by atoms with Crippen LogP contribution in [0.2, 0.25) is 0 Å². The number of carbonyl (C=O) groups excluding carboxylic acids is 1. The Morgan fingerprint density at radius 3 is 2.77 bits per heavy atom. The summed E-state index contributed by atoms with van der Waals surface area (Å²) in [5.74, 6) is 0.385. The number of rotatable bonds is 7. The quantitative estimate of drug-likeness (QED) is 0.561. The summed E-state index contributed by atoms with van der Waals surface area (Å²) in [6.45, 7) is 1.78. The molecule has 3 aromatic rings. The van der Waals surface area contributed by atoms with Crippen LogP contribution in [0.4, 0.5) is 0 Å². The van der Waals surface area contributed by atoms with Gasteiger partial charge in [-0.2, -0.15) is 4.98 Å². The van der Waals surface area contributed by atoms with E-state index in [-0.39, 0.29) is 23.5 Å². The molecule has 4 heterocycles. The van der Waals surface area contributed by atoms with Gasteiger partial charge in [-0.15, -0.1) is 0 Å². The molecule has 1 aliphatic rings. The molecule has 10 nitrogen and oxygen atoms in total. The highest BCUT2D eigenvalue weighted by Gasteiger charge is 2.32. The lowest BCUT2D eigenvalue weighted by atomic mass is 10.2. The first-order valence-corrected chi connectivity index (χ1v) is 10.0. The van der Waals surface area contributed by atoms with Crippen molar-refractivity contribution in [3.63, 3.8) is 0 Å². The van der Waals surface area contributed by atoms with Gasteiger partial charge >= 0.3 is 5.69 Å². The number of nitrogens with zero attached hydrogens (tertiary/aromatic N) is 5. The van der Waals surface area contributed by atoms with Gasteiger partial charge in [0.25, 0.3) is 5.91 Å². The fourth-order valence-corrected chi connectivity index (χ4v) is 4.00. The number of pyridine rings is 2. The number of ether oxygens (including phenoxy) is 3. The van der Waals surface area contributed by atoms with Crippen LogP contribution < -0.4 is 15.2 Å². The van der Waals surface area contributed by atoms with Crippen LogP contribution in [0, 0.1) is 0 Å². The van der Waals surface area contributed by atoms with Crippen molar-refractivity contribution >= 4 is 17.1 Å². The molecule has 1 atom stereocenters. The minimum atomic E-state index is -0.196. The molecule has 1 fully saturated rings. The van der Waals surface area contributed by atoms with E-state index in [1.54, 1.807) is 39.5 Å². The van der Waals surface area contributed by atoms with E-state index in [4.69, 9.17) is 14.2 Å². The van der Waals surface area contributed by atoms with E-state index < -0.39 is 0 Å². The third-order valence-corrected chi connectivity index (χ3v) is 5.52. The minimum absolute atomic E-state index is 0.145. The average Bonchev–Trinajstić information content (AvgIpc) is 3.39. The smallest absolute Gasteiger partial charge is 0.330 e. The molecular weight excluding hydrogens is 402 g/mol. The maximum Gasteiger partial charge on any atom is 0.330 e. The van der Waals surface area contributed by atoms with E-state index in [2.05, 4.69) is 9.97 Å². The summed E-state index contributed by atoms with van der Waals surface area (Å²) < 4.78 is 18.9. The van der Waals surface area contributed by atoms with Crippen LogP contribution in [-0.4, -0.2) is 70.9 Å². The van der Waals surface area contributed by atoms with E-state index in [0.29, 0.717) is 49.8 Å². The van der Waals surface area contributed by atoms with Gasteiger partial charge in [0, 0.05) is 32.5 Å². The molecule has 3 aromatic heterocycles. The Kier molecular flexibility index (Phi) is 5.90. The van der Waals surface area contributed by atoms with Crippen LogP contribution in [0.1, 0.15) is 22.8 Å². The number of carbonyl (C=O) groups is 1. The highest BCUT2D eigenvalue weighted by Crippen LogP contribution is 2.28. The second kappa shape index (κ2) is 8.76. The highest BCUT2D eigenvalue weighted by molar-refractivity contribution is 5.96. The maximum atomic E-state index is 13.2. The maximum absolute atomic E-state index is 13.2. The third kappa shape index (κ3) is 3.74. The first kappa shape index (κ1) is 20.9. The summed E-state index contributed by atoms with van der Waals surface area (Å²) in [6, 6.07) is 6.78. The summed E-state index contributed by atoms with van der Waals surface area (Å²) in [5.41, 5.74) is 1.59. The van der Waals surface area contributed by atoms with E-state index in [9.17, 15) is 9.59 Å². The number of amides is 1. The average molecular weight is 427 g/mol. The molecule has 4 rings (SSSR count). The number of hydrogen-bond acceptors (Lipinski definition) is 7. The van der Waals surface area contributed by atoms with Gasteiger partial charge in [-0.25, -0.2) is 9.78 Å². The topological polar surface area (TPSA) is 101 Å². The molecule has 0 N–H and O–H groups in total. The van der Waals surface area contributed by atoms with Crippen molar-refractivity contribution in [2.45, 2.75) is 19.0 Å². The Balaban J connectivity index is 1.63. The zero-order valence-electron chi connectivity index (χ0n) is 17.8. The number of fused-ring (bicyclic) bond motifs is 1. The van der Waals surface area contributed by atoms with Gasteiger partial charge in [0.1, 0.15) is 5.56 Å². The van der Waals surface area contributed by atoms with Crippen LogP contribution in [0.3, 0.4) is 0 Å². The fraction of sp³-hybridized carbons (Fsp3) is 0.429. The lowest BCUT2D eigenvalue weighted by molar-refractivity contribution is 0.0783. The number of hydrogen-bond donors (Lipinski definition) is 0. The van der Waals surface area contributed by atoms with E-state index in [1.165, 1.54) is 14.2 Å². The number of methoxy groups -OCH3 is 3. The molecule has 1 saturated heterocycles. The van der Waals surface area contributed by atoms with Crippen LogP contribution in [0.25, 0.3) is 11.2 Å². The molecule has 10 heteroatoms. The van der Waals surface area contributed by atoms with Crippen molar-refractivity contribution in [1.82, 2.24) is 24.0 Å². The predicted octanol–water partition coefficient (Wildman–Crippen LogP) is 1.34. The lowest BCUT2D eigenvalue weighted by Crippen LogP contribution is -2.32. The van der Waals surface area contributed by atoms with Crippen LogP contribution in [0.15, 0.2) is 35.3 Å². The molecule has 1 amide bonds. The van der Waals surface area contributed by atoms with Gasteiger partial charge in [-0.1, -0.05) is 0 Å². The standard InChI is InChI=1S/C21H25N5O5/c1-29-12-11-25-16-5-4-9-22-18(16)26(21(25)28)14-8-10-24(13-14)20(27)15-6-7-17(30-2)23-19(15)31-3/h4-7,9,14H,8,10-13H2,1-3H3/t14-/m1/s1.